The summed E-state index contributed by atoms with van der Waals surface area (Å²) in [7, 11) is 0. The second kappa shape index (κ2) is 10.4. The number of anilines is 1. The van der Waals surface area contributed by atoms with E-state index in [9.17, 15) is 19.1 Å². The Bertz CT molecular complexity index is 809. The van der Waals surface area contributed by atoms with Crippen molar-refractivity contribution in [3.63, 3.8) is 0 Å². The lowest BCUT2D eigenvalue weighted by Gasteiger charge is -2.14. The van der Waals surface area contributed by atoms with Crippen LogP contribution in [0.5, 0.6) is 0 Å². The summed E-state index contributed by atoms with van der Waals surface area (Å²) in [5.74, 6) is -0.892. The second-order valence-electron chi connectivity index (χ2n) is 6.19. The molecule has 9 heteroatoms. The molecular formula is C19H25FN4O4. The minimum Gasteiger partial charge on any atom is -0.462 e. The number of rotatable bonds is 9. The van der Waals surface area contributed by atoms with Crippen LogP contribution in [0.2, 0.25) is 0 Å². The average Bonchev–Trinajstić information content (AvgIpc) is 3.03. The number of urea groups is 1. The number of aliphatic hydroxyl groups is 1. The van der Waals surface area contributed by atoms with Crippen molar-refractivity contribution in [2.75, 3.05) is 11.9 Å². The van der Waals surface area contributed by atoms with Crippen molar-refractivity contribution in [3.05, 3.63) is 47.4 Å². The number of aromatic nitrogens is 2. The fraction of sp³-hybridized carbons (Fsp3) is 0.421. The van der Waals surface area contributed by atoms with E-state index in [1.165, 1.54) is 23.0 Å². The zero-order valence-electron chi connectivity index (χ0n) is 15.9. The van der Waals surface area contributed by atoms with Gasteiger partial charge in [0.15, 0.2) is 0 Å². The zero-order valence-corrected chi connectivity index (χ0v) is 15.9. The summed E-state index contributed by atoms with van der Waals surface area (Å²) < 4.78 is 19.6. The monoisotopic (exact) mass is 392 g/mol. The molecule has 0 aliphatic carbocycles. The van der Waals surface area contributed by atoms with Crippen molar-refractivity contribution in [3.8, 4) is 0 Å². The largest absolute Gasteiger partial charge is 0.462 e. The molecule has 2 rings (SSSR count). The van der Waals surface area contributed by atoms with E-state index in [0.29, 0.717) is 12.0 Å². The fourth-order valence-electron chi connectivity index (χ4n) is 2.62. The number of hydrogen-bond acceptors (Lipinski definition) is 5. The second-order valence-corrected chi connectivity index (χ2v) is 6.19. The van der Waals surface area contributed by atoms with Gasteiger partial charge in [-0.25, -0.2) is 18.7 Å². The van der Waals surface area contributed by atoms with E-state index in [2.05, 4.69) is 15.7 Å². The first-order chi connectivity index (χ1) is 13.4. The Balaban J connectivity index is 2.12. The number of aliphatic hydroxyl groups excluding tert-OH is 1. The molecule has 1 unspecified atom stereocenters. The molecule has 0 bridgehead atoms. The molecule has 1 atom stereocenters. The number of halogens is 1. The minimum absolute atomic E-state index is 0.0893. The smallest absolute Gasteiger partial charge is 0.343 e. The maximum Gasteiger partial charge on any atom is 0.343 e. The molecule has 8 nitrogen and oxygen atoms in total. The van der Waals surface area contributed by atoms with Gasteiger partial charge in [-0.15, -0.1) is 0 Å². The van der Waals surface area contributed by atoms with Gasteiger partial charge in [0.25, 0.3) is 0 Å². The van der Waals surface area contributed by atoms with Gasteiger partial charge in [-0.3, -0.25) is 5.32 Å². The summed E-state index contributed by atoms with van der Waals surface area (Å²) in [6.07, 6.45) is 1.96. The maximum absolute atomic E-state index is 13.2. The molecule has 0 radical (unpaired) electrons. The van der Waals surface area contributed by atoms with Gasteiger partial charge < -0.3 is 15.2 Å². The van der Waals surface area contributed by atoms with Gasteiger partial charge in [0, 0.05) is 6.54 Å². The third-order valence-corrected chi connectivity index (χ3v) is 3.91. The Morgan fingerprint density at radius 2 is 2.14 bits per heavy atom. The number of esters is 1. The van der Waals surface area contributed by atoms with Crippen molar-refractivity contribution in [2.45, 2.75) is 45.9 Å². The lowest BCUT2D eigenvalue weighted by molar-refractivity contribution is 0.0527. The minimum atomic E-state index is -0.671. The number of ether oxygens (including phenoxy) is 1. The van der Waals surface area contributed by atoms with Crippen LogP contribution in [0.25, 0.3) is 0 Å². The Morgan fingerprint density at radius 1 is 1.36 bits per heavy atom. The van der Waals surface area contributed by atoms with Crippen LogP contribution in [0.15, 0.2) is 30.5 Å². The molecule has 0 aliphatic rings. The van der Waals surface area contributed by atoms with E-state index in [1.807, 2.05) is 6.92 Å². The van der Waals surface area contributed by atoms with Crippen molar-refractivity contribution >= 4 is 17.8 Å². The molecule has 1 heterocycles. The van der Waals surface area contributed by atoms with Crippen LogP contribution in [-0.2, 0) is 17.8 Å². The number of hydrogen-bond donors (Lipinski definition) is 3. The van der Waals surface area contributed by atoms with Crippen LogP contribution >= 0.6 is 0 Å². The molecule has 0 aliphatic heterocycles. The van der Waals surface area contributed by atoms with Crippen LogP contribution in [0.1, 0.15) is 42.6 Å². The molecule has 1 aromatic carbocycles. The van der Waals surface area contributed by atoms with Crippen molar-refractivity contribution in [1.82, 2.24) is 15.1 Å². The van der Waals surface area contributed by atoms with Crippen molar-refractivity contribution in [2.24, 2.45) is 0 Å². The van der Waals surface area contributed by atoms with Gasteiger partial charge >= 0.3 is 12.0 Å². The Labute approximate surface area is 162 Å². The predicted molar refractivity (Wildman–Crippen MR) is 101 cm³/mol. The Kier molecular flexibility index (Phi) is 7.94. The lowest BCUT2D eigenvalue weighted by Crippen LogP contribution is -2.31. The van der Waals surface area contributed by atoms with E-state index >= 15 is 0 Å². The lowest BCUT2D eigenvalue weighted by atomic mass is 10.2. The third kappa shape index (κ3) is 6.05. The molecule has 2 aromatic rings. The number of nitrogens with one attached hydrogen (secondary N) is 2. The summed E-state index contributed by atoms with van der Waals surface area (Å²) in [6, 6.07) is 5.26. The first-order valence-corrected chi connectivity index (χ1v) is 9.14. The molecule has 3 N–H and O–H groups in total. The molecular weight excluding hydrogens is 367 g/mol. The third-order valence-electron chi connectivity index (χ3n) is 3.91. The number of carbonyl (C=O) groups excluding carboxylic acids is 2. The van der Waals surface area contributed by atoms with E-state index < -0.39 is 23.9 Å². The van der Waals surface area contributed by atoms with Crippen LogP contribution in [-0.4, -0.2) is 39.6 Å². The normalized spacial score (nSPS) is 11.7. The fourth-order valence-corrected chi connectivity index (χ4v) is 2.62. The highest BCUT2D eigenvalue weighted by Gasteiger charge is 2.21. The van der Waals surface area contributed by atoms with Crippen LogP contribution < -0.4 is 10.6 Å². The predicted octanol–water partition coefficient (Wildman–Crippen LogP) is 2.68. The molecule has 0 saturated heterocycles. The Hall–Kier alpha value is -2.94. The molecule has 0 fully saturated rings. The van der Waals surface area contributed by atoms with Gasteiger partial charge in [0.2, 0.25) is 0 Å². The topological polar surface area (TPSA) is 105 Å². The van der Waals surface area contributed by atoms with Crippen LogP contribution in [0.3, 0.4) is 0 Å². The summed E-state index contributed by atoms with van der Waals surface area (Å²) >= 11 is 0. The summed E-state index contributed by atoms with van der Waals surface area (Å²) in [6.45, 7) is 4.01. The quantitative estimate of drug-likeness (QED) is 0.569. The molecule has 2 amide bonds. The molecule has 152 valence electrons. The maximum atomic E-state index is 13.2. The molecule has 28 heavy (non-hydrogen) atoms. The molecule has 0 saturated carbocycles. The van der Waals surface area contributed by atoms with Crippen LogP contribution in [0.4, 0.5) is 15.0 Å². The molecule has 1 aromatic heterocycles. The highest BCUT2D eigenvalue weighted by atomic mass is 19.1. The first-order valence-electron chi connectivity index (χ1n) is 9.14. The summed E-state index contributed by atoms with van der Waals surface area (Å²) in [5.41, 5.74) is 0.680. The van der Waals surface area contributed by atoms with Gasteiger partial charge in [-0.05, 0) is 31.0 Å². The van der Waals surface area contributed by atoms with E-state index in [4.69, 9.17) is 4.74 Å². The van der Waals surface area contributed by atoms with Gasteiger partial charge in [-0.1, -0.05) is 25.5 Å². The number of carbonyl (C=O) groups is 2. The van der Waals surface area contributed by atoms with E-state index in [-0.39, 0.29) is 31.1 Å². The highest BCUT2D eigenvalue weighted by molar-refractivity contribution is 5.99. The first kappa shape index (κ1) is 21.4. The summed E-state index contributed by atoms with van der Waals surface area (Å²) in [4.78, 5) is 24.4. The zero-order chi connectivity index (χ0) is 20.5. The summed E-state index contributed by atoms with van der Waals surface area (Å²) in [5, 5.41) is 19.3. The van der Waals surface area contributed by atoms with Gasteiger partial charge in [0.1, 0.15) is 17.2 Å². The van der Waals surface area contributed by atoms with E-state index in [0.717, 1.165) is 6.42 Å². The molecule has 0 spiro atoms. The van der Waals surface area contributed by atoms with E-state index in [1.54, 1.807) is 19.1 Å². The van der Waals surface area contributed by atoms with Gasteiger partial charge in [-0.2, -0.15) is 5.10 Å². The van der Waals surface area contributed by atoms with Crippen molar-refractivity contribution < 1.29 is 23.8 Å². The number of amides is 2. The van der Waals surface area contributed by atoms with Gasteiger partial charge in [0.05, 0.1) is 25.5 Å². The average molecular weight is 392 g/mol. The van der Waals surface area contributed by atoms with Crippen LogP contribution in [0, 0.1) is 5.82 Å². The Morgan fingerprint density at radius 3 is 2.82 bits per heavy atom. The SMILES string of the molecule is CCCC(O)Cn1ncc(C(=O)OCC)c1NC(=O)NCc1cccc(F)c1. The number of nitrogens with zero attached hydrogens (tertiary/aromatic N) is 2. The van der Waals surface area contributed by atoms with Crippen molar-refractivity contribution in [1.29, 1.82) is 0 Å². The highest BCUT2D eigenvalue weighted by Crippen LogP contribution is 2.18. The number of benzene rings is 1. The standard InChI is InChI=1S/C19H25FN4O4/c1-3-6-15(25)12-24-17(16(11-22-24)18(26)28-4-2)23-19(27)21-10-13-7-5-8-14(20)9-13/h5,7-9,11,15,25H,3-4,6,10,12H2,1-2H3,(H2,21,23,27).